The molecule has 180 valence electrons. The monoisotopic (exact) mass is 492 g/mol. The second-order valence-electron chi connectivity index (χ2n) is 9.70. The molecule has 2 aliphatic rings. The van der Waals surface area contributed by atoms with Crippen molar-refractivity contribution in [2.45, 2.75) is 57.6 Å². The third kappa shape index (κ3) is 4.06. The van der Waals surface area contributed by atoms with Gasteiger partial charge >= 0.3 is 0 Å². The summed E-state index contributed by atoms with van der Waals surface area (Å²) in [6.07, 6.45) is 9.74. The highest BCUT2D eigenvalue weighted by atomic mass is 35.5. The normalized spacial score (nSPS) is 20.5. The highest BCUT2D eigenvalue weighted by molar-refractivity contribution is 6.30. The van der Waals surface area contributed by atoms with E-state index < -0.39 is 5.82 Å². The first-order valence-electron chi connectivity index (χ1n) is 12.0. The number of nitrogens with zero attached hydrogens (tertiary/aromatic N) is 4. The van der Waals surface area contributed by atoms with E-state index in [9.17, 15) is 4.79 Å². The van der Waals surface area contributed by atoms with Crippen LogP contribution in [0, 0.1) is 19.7 Å². The van der Waals surface area contributed by atoms with Crippen LogP contribution in [-0.4, -0.2) is 25.8 Å². The van der Waals surface area contributed by atoms with E-state index in [2.05, 4.69) is 16.3 Å². The van der Waals surface area contributed by atoms with Gasteiger partial charge < -0.3 is 4.74 Å². The van der Waals surface area contributed by atoms with Gasteiger partial charge in [0.15, 0.2) is 0 Å². The van der Waals surface area contributed by atoms with Crippen LogP contribution in [0.15, 0.2) is 47.7 Å². The molecule has 0 N–H and O–H groups in total. The molecule has 4 heterocycles. The fourth-order valence-corrected chi connectivity index (χ4v) is 5.13. The first kappa shape index (κ1) is 22.4. The Kier molecular flexibility index (Phi) is 5.49. The molecule has 0 amide bonds. The Labute approximate surface area is 207 Å². The molecule has 6 rings (SSSR count). The zero-order chi connectivity index (χ0) is 24.3. The smallest absolute Gasteiger partial charge is 0.261 e. The predicted octanol–water partition coefficient (Wildman–Crippen LogP) is 5.94. The van der Waals surface area contributed by atoms with Gasteiger partial charge in [-0.05, 0) is 75.3 Å². The van der Waals surface area contributed by atoms with Gasteiger partial charge in [0.05, 0.1) is 18.3 Å². The van der Waals surface area contributed by atoms with E-state index in [1.165, 1.54) is 18.9 Å². The van der Waals surface area contributed by atoms with Crippen molar-refractivity contribution in [3.05, 3.63) is 86.4 Å². The Bertz CT molecular complexity index is 1510. The first-order chi connectivity index (χ1) is 16.9. The molecule has 4 aromatic rings. The van der Waals surface area contributed by atoms with Gasteiger partial charge in [-0.25, -0.2) is 9.37 Å². The standard InChI is InChI=1S/C27H26ClFN4O2/c1-15-16(2)31-26-23(22-6-3-20(28)11-24(22)29)9-18(13-32(26)27(15)34)17-7-8-35-25(10-17)19-12-30-33(14-19)21-4-5-21/h3,6,9,11-14,17,21,25H,4-5,7-8,10H2,1-2H3/t17-,25+/m1/s1. The van der Waals surface area contributed by atoms with Crippen molar-refractivity contribution in [2.24, 2.45) is 0 Å². The number of aryl methyl sites for hydroxylation is 1. The van der Waals surface area contributed by atoms with E-state index >= 15 is 4.39 Å². The summed E-state index contributed by atoms with van der Waals surface area (Å²) in [5, 5.41) is 4.84. The van der Waals surface area contributed by atoms with Gasteiger partial charge in [-0.3, -0.25) is 13.9 Å². The summed E-state index contributed by atoms with van der Waals surface area (Å²) < 4.78 is 24.8. The molecule has 8 heteroatoms. The molecule has 1 saturated heterocycles. The van der Waals surface area contributed by atoms with E-state index in [4.69, 9.17) is 16.3 Å². The Balaban J connectivity index is 1.45. The van der Waals surface area contributed by atoms with E-state index in [-0.39, 0.29) is 17.6 Å². The highest BCUT2D eigenvalue weighted by Crippen LogP contribution is 2.41. The fourth-order valence-electron chi connectivity index (χ4n) is 4.97. The molecule has 0 radical (unpaired) electrons. The van der Waals surface area contributed by atoms with E-state index in [1.54, 1.807) is 30.4 Å². The van der Waals surface area contributed by atoms with E-state index in [0.717, 1.165) is 24.0 Å². The van der Waals surface area contributed by atoms with Crippen molar-refractivity contribution in [1.29, 1.82) is 0 Å². The van der Waals surface area contributed by atoms with Crippen molar-refractivity contribution in [3.63, 3.8) is 0 Å². The van der Waals surface area contributed by atoms with Crippen molar-refractivity contribution in [3.8, 4) is 11.1 Å². The number of rotatable bonds is 4. The molecule has 6 nitrogen and oxygen atoms in total. The molecule has 1 aromatic carbocycles. The topological polar surface area (TPSA) is 61.4 Å². The molecule has 0 unspecified atom stereocenters. The lowest BCUT2D eigenvalue weighted by Crippen LogP contribution is -2.23. The number of pyridine rings is 1. The number of hydrogen-bond acceptors (Lipinski definition) is 4. The minimum absolute atomic E-state index is 0.0673. The van der Waals surface area contributed by atoms with Gasteiger partial charge in [0.25, 0.3) is 5.56 Å². The number of hydrogen-bond donors (Lipinski definition) is 0. The first-order valence-corrected chi connectivity index (χ1v) is 12.4. The lowest BCUT2D eigenvalue weighted by molar-refractivity contribution is 0.00516. The second-order valence-corrected chi connectivity index (χ2v) is 10.1. The molecule has 3 aromatic heterocycles. The van der Waals surface area contributed by atoms with Crippen molar-refractivity contribution < 1.29 is 9.13 Å². The maximum absolute atomic E-state index is 15.0. The van der Waals surface area contributed by atoms with Crippen LogP contribution in [0.3, 0.4) is 0 Å². The van der Waals surface area contributed by atoms with Crippen LogP contribution in [0.4, 0.5) is 4.39 Å². The predicted molar refractivity (Wildman–Crippen MR) is 133 cm³/mol. The molecule has 2 fully saturated rings. The molecule has 0 spiro atoms. The lowest BCUT2D eigenvalue weighted by Gasteiger charge is -2.30. The third-order valence-electron chi connectivity index (χ3n) is 7.31. The maximum Gasteiger partial charge on any atom is 0.261 e. The molecule has 1 aliphatic heterocycles. The summed E-state index contributed by atoms with van der Waals surface area (Å²) in [6, 6.07) is 7.10. The summed E-state index contributed by atoms with van der Waals surface area (Å²) in [7, 11) is 0. The SMILES string of the molecule is Cc1nc2c(-c3ccc(Cl)cc3F)cc([C@@H]3CCO[C@H](c4cnn(C5CC5)c4)C3)cn2c(=O)c1C. The van der Waals surface area contributed by atoms with Crippen LogP contribution in [0.5, 0.6) is 0 Å². The van der Waals surface area contributed by atoms with Crippen LogP contribution in [0.2, 0.25) is 5.02 Å². The van der Waals surface area contributed by atoms with Crippen LogP contribution in [0.25, 0.3) is 16.8 Å². The van der Waals surface area contributed by atoms with Crippen LogP contribution >= 0.6 is 11.6 Å². The quantitative estimate of drug-likeness (QED) is 0.354. The summed E-state index contributed by atoms with van der Waals surface area (Å²) in [4.78, 5) is 17.9. The Morgan fingerprint density at radius 3 is 2.69 bits per heavy atom. The number of ether oxygens (including phenoxy) is 1. The van der Waals surface area contributed by atoms with Crippen molar-refractivity contribution in [2.75, 3.05) is 6.61 Å². The van der Waals surface area contributed by atoms with Crippen molar-refractivity contribution >= 4 is 17.2 Å². The summed E-state index contributed by atoms with van der Waals surface area (Å²) >= 11 is 6.01. The lowest BCUT2D eigenvalue weighted by atomic mass is 9.86. The van der Waals surface area contributed by atoms with Crippen LogP contribution < -0.4 is 5.56 Å². The van der Waals surface area contributed by atoms with Gasteiger partial charge in [0.2, 0.25) is 0 Å². The Morgan fingerprint density at radius 2 is 1.91 bits per heavy atom. The zero-order valence-electron chi connectivity index (χ0n) is 19.7. The minimum atomic E-state index is -0.443. The van der Waals surface area contributed by atoms with Crippen molar-refractivity contribution in [1.82, 2.24) is 19.2 Å². The molecule has 1 aliphatic carbocycles. The van der Waals surface area contributed by atoms with E-state index in [1.807, 2.05) is 23.1 Å². The minimum Gasteiger partial charge on any atom is -0.373 e. The molecule has 35 heavy (non-hydrogen) atoms. The molecule has 1 saturated carbocycles. The summed E-state index contributed by atoms with van der Waals surface area (Å²) in [6.45, 7) is 4.18. The van der Waals surface area contributed by atoms with Gasteiger partial charge in [-0.2, -0.15) is 5.10 Å². The Morgan fingerprint density at radius 1 is 1.09 bits per heavy atom. The third-order valence-corrected chi connectivity index (χ3v) is 7.54. The Hall–Kier alpha value is -3.03. The van der Waals surface area contributed by atoms with Gasteiger partial charge in [-0.1, -0.05) is 11.6 Å². The average molecular weight is 493 g/mol. The molecular formula is C27H26ClFN4O2. The molecule has 2 atom stereocenters. The fraction of sp³-hybridized carbons (Fsp3) is 0.370. The average Bonchev–Trinajstić information content (AvgIpc) is 3.59. The number of halogens is 2. The van der Waals surface area contributed by atoms with Crippen LogP contribution in [0.1, 0.15) is 66.1 Å². The maximum atomic E-state index is 15.0. The van der Waals surface area contributed by atoms with Gasteiger partial charge in [-0.15, -0.1) is 0 Å². The largest absolute Gasteiger partial charge is 0.373 e. The summed E-state index contributed by atoms with van der Waals surface area (Å²) in [5.41, 5.74) is 4.53. The van der Waals surface area contributed by atoms with Gasteiger partial charge in [0.1, 0.15) is 11.5 Å². The second kappa shape index (κ2) is 8.57. The zero-order valence-corrected chi connectivity index (χ0v) is 20.4. The molecule has 0 bridgehead atoms. The van der Waals surface area contributed by atoms with Gasteiger partial charge in [0, 0.05) is 52.0 Å². The number of fused-ring (bicyclic) bond motifs is 1. The van der Waals surface area contributed by atoms with E-state index in [0.29, 0.717) is 45.7 Å². The highest BCUT2D eigenvalue weighted by Gasteiger charge is 2.30. The number of benzene rings is 1. The van der Waals surface area contributed by atoms with Crippen LogP contribution in [-0.2, 0) is 4.74 Å². The summed E-state index contributed by atoms with van der Waals surface area (Å²) in [5.74, 6) is -0.300. The molecular weight excluding hydrogens is 467 g/mol. The number of aromatic nitrogens is 4.